The lowest BCUT2D eigenvalue weighted by Gasteiger charge is -2.32. The van der Waals surface area contributed by atoms with Crippen LogP contribution in [0.3, 0.4) is 0 Å². The van der Waals surface area contributed by atoms with Crippen LogP contribution < -0.4 is 5.32 Å². The second-order valence-electron chi connectivity index (χ2n) is 11.1. The molecule has 2 aliphatic rings. The van der Waals surface area contributed by atoms with Crippen molar-refractivity contribution in [2.45, 2.75) is 64.1 Å². The number of nitrogens with zero attached hydrogens (tertiary/aromatic N) is 4. The molecule has 1 fully saturated rings. The lowest BCUT2D eigenvalue weighted by molar-refractivity contribution is 0.0921. The Morgan fingerprint density at radius 2 is 1.82 bits per heavy atom. The van der Waals surface area contributed by atoms with Gasteiger partial charge in [0.25, 0.3) is 12.3 Å². The van der Waals surface area contributed by atoms with Gasteiger partial charge >= 0.3 is 0 Å². The highest BCUT2D eigenvalue weighted by molar-refractivity contribution is 6.06. The van der Waals surface area contributed by atoms with Crippen molar-refractivity contribution in [1.29, 1.82) is 0 Å². The Labute approximate surface area is 233 Å². The average Bonchev–Trinajstić information content (AvgIpc) is 3.33. The van der Waals surface area contributed by atoms with Crippen molar-refractivity contribution >= 4 is 16.8 Å². The number of fused-ring (bicyclic) bond motifs is 2. The topological polar surface area (TPSA) is 63.1 Å². The second-order valence-corrected chi connectivity index (χ2v) is 11.1. The number of carbonyl (C=O) groups is 1. The minimum absolute atomic E-state index is 0.0210. The summed E-state index contributed by atoms with van der Waals surface area (Å²) >= 11 is 0. The number of imidazole rings is 1. The SMILES string of the molecule is O=C(NC1CCC(CCN2CCc3c(nc(-c4ccccc4)n3CC(F)F)C2)CC1)c1cccc2ncccc12. The van der Waals surface area contributed by atoms with E-state index in [1.54, 1.807) is 10.8 Å². The first-order valence-electron chi connectivity index (χ1n) is 14.3. The number of aromatic nitrogens is 3. The number of hydrogen-bond acceptors (Lipinski definition) is 4. The van der Waals surface area contributed by atoms with Crippen molar-refractivity contribution in [2.24, 2.45) is 5.92 Å². The standard InChI is InChI=1S/C32H35F2N5O/c33-30(34)21-39-29-16-19-38(20-28(29)37-31(39)23-6-2-1-3-7-23)18-15-22-11-13-24(14-12-22)36-32(40)26-8-4-10-27-25(26)9-5-17-35-27/h1-10,17,22,24,30H,11-16,18-21H2,(H,36,40). The number of halogens is 2. The van der Waals surface area contributed by atoms with Crippen molar-refractivity contribution in [3.8, 4) is 11.4 Å². The molecule has 1 aliphatic heterocycles. The molecule has 1 amide bonds. The highest BCUT2D eigenvalue weighted by Crippen LogP contribution is 2.30. The number of amides is 1. The zero-order chi connectivity index (χ0) is 27.5. The number of nitrogens with one attached hydrogen (secondary N) is 1. The van der Waals surface area contributed by atoms with Crippen LogP contribution in [0, 0.1) is 5.92 Å². The minimum Gasteiger partial charge on any atom is -0.349 e. The summed E-state index contributed by atoms with van der Waals surface area (Å²) in [5.74, 6) is 1.26. The van der Waals surface area contributed by atoms with Gasteiger partial charge in [-0.15, -0.1) is 0 Å². The van der Waals surface area contributed by atoms with Gasteiger partial charge in [-0.1, -0.05) is 42.5 Å². The molecule has 0 radical (unpaired) electrons. The van der Waals surface area contributed by atoms with E-state index >= 15 is 0 Å². The van der Waals surface area contributed by atoms with Gasteiger partial charge in [0.1, 0.15) is 5.82 Å². The molecular weight excluding hydrogens is 508 g/mol. The maximum Gasteiger partial charge on any atom is 0.256 e. The smallest absolute Gasteiger partial charge is 0.256 e. The van der Waals surface area contributed by atoms with Gasteiger partial charge in [-0.3, -0.25) is 14.7 Å². The summed E-state index contributed by atoms with van der Waals surface area (Å²) in [6, 6.07) is 19.3. The number of rotatable bonds is 8. The summed E-state index contributed by atoms with van der Waals surface area (Å²) in [5.41, 5.74) is 4.28. The number of hydrogen-bond donors (Lipinski definition) is 1. The van der Waals surface area contributed by atoms with E-state index in [0.29, 0.717) is 23.9 Å². The summed E-state index contributed by atoms with van der Waals surface area (Å²) in [4.78, 5) is 24.6. The van der Waals surface area contributed by atoms with Gasteiger partial charge in [-0.05, 0) is 62.8 Å². The molecule has 6 nitrogen and oxygen atoms in total. The van der Waals surface area contributed by atoms with Crippen LogP contribution in [0.5, 0.6) is 0 Å². The molecule has 3 heterocycles. The zero-order valence-electron chi connectivity index (χ0n) is 22.6. The first kappa shape index (κ1) is 26.6. The van der Waals surface area contributed by atoms with Gasteiger partial charge in [-0.2, -0.15) is 0 Å². The molecule has 1 N–H and O–H groups in total. The maximum atomic E-state index is 13.4. The molecule has 2 aromatic carbocycles. The minimum atomic E-state index is -2.41. The van der Waals surface area contributed by atoms with Crippen LogP contribution in [0.25, 0.3) is 22.3 Å². The molecule has 4 aromatic rings. The van der Waals surface area contributed by atoms with Crippen molar-refractivity contribution < 1.29 is 13.6 Å². The first-order valence-corrected chi connectivity index (χ1v) is 14.3. The molecule has 0 bridgehead atoms. The number of carbonyl (C=O) groups excluding carboxylic acids is 1. The number of alkyl halides is 2. The third-order valence-electron chi connectivity index (χ3n) is 8.47. The fourth-order valence-corrected chi connectivity index (χ4v) is 6.36. The van der Waals surface area contributed by atoms with E-state index in [4.69, 9.17) is 4.98 Å². The van der Waals surface area contributed by atoms with Crippen LogP contribution in [0.4, 0.5) is 8.78 Å². The van der Waals surface area contributed by atoms with Crippen molar-refractivity contribution in [3.05, 3.63) is 83.8 Å². The van der Waals surface area contributed by atoms with Crippen molar-refractivity contribution in [2.75, 3.05) is 13.1 Å². The molecule has 0 atom stereocenters. The third kappa shape index (κ3) is 5.77. The Morgan fingerprint density at radius 1 is 1.00 bits per heavy atom. The van der Waals surface area contributed by atoms with Crippen LogP contribution in [0.1, 0.15) is 53.8 Å². The van der Waals surface area contributed by atoms with Gasteiger partial charge in [0.2, 0.25) is 0 Å². The third-order valence-corrected chi connectivity index (χ3v) is 8.47. The number of benzene rings is 2. The molecule has 1 aliphatic carbocycles. The molecule has 0 unspecified atom stereocenters. The van der Waals surface area contributed by atoms with Gasteiger partial charge in [0, 0.05) is 54.0 Å². The Kier molecular flexibility index (Phi) is 7.86. The van der Waals surface area contributed by atoms with E-state index in [1.165, 1.54) is 0 Å². The van der Waals surface area contributed by atoms with E-state index in [-0.39, 0.29) is 18.5 Å². The normalized spacial score (nSPS) is 19.6. The van der Waals surface area contributed by atoms with Crippen LogP contribution in [0.2, 0.25) is 0 Å². The second kappa shape index (κ2) is 11.8. The van der Waals surface area contributed by atoms with Crippen LogP contribution >= 0.6 is 0 Å². The maximum absolute atomic E-state index is 13.4. The first-order chi connectivity index (χ1) is 19.5. The monoisotopic (exact) mass is 543 g/mol. The molecule has 8 heteroatoms. The molecule has 0 spiro atoms. The quantitative estimate of drug-likeness (QED) is 0.292. The average molecular weight is 544 g/mol. The largest absolute Gasteiger partial charge is 0.349 e. The van der Waals surface area contributed by atoms with Gasteiger partial charge in [-0.25, -0.2) is 13.8 Å². The lowest BCUT2D eigenvalue weighted by Crippen LogP contribution is -2.38. The van der Waals surface area contributed by atoms with Crippen LogP contribution in [-0.2, 0) is 19.5 Å². The summed E-state index contributed by atoms with van der Waals surface area (Å²) in [6.45, 7) is 2.23. The van der Waals surface area contributed by atoms with E-state index in [0.717, 1.165) is 79.5 Å². The van der Waals surface area contributed by atoms with Crippen LogP contribution in [-0.4, -0.2) is 50.9 Å². The Balaban J connectivity index is 1.02. The molecule has 1 saturated carbocycles. The van der Waals surface area contributed by atoms with Crippen molar-refractivity contribution in [1.82, 2.24) is 24.8 Å². The Hall–Kier alpha value is -3.65. The van der Waals surface area contributed by atoms with Gasteiger partial charge in [0.15, 0.2) is 0 Å². The fourth-order valence-electron chi connectivity index (χ4n) is 6.36. The Bertz CT molecular complexity index is 1460. The predicted octanol–water partition coefficient (Wildman–Crippen LogP) is 6.10. The summed E-state index contributed by atoms with van der Waals surface area (Å²) in [7, 11) is 0. The molecule has 6 rings (SSSR count). The van der Waals surface area contributed by atoms with E-state index in [2.05, 4.69) is 15.2 Å². The van der Waals surface area contributed by atoms with E-state index in [9.17, 15) is 13.6 Å². The highest BCUT2D eigenvalue weighted by Gasteiger charge is 2.28. The lowest BCUT2D eigenvalue weighted by atomic mass is 9.84. The predicted molar refractivity (Wildman–Crippen MR) is 152 cm³/mol. The van der Waals surface area contributed by atoms with E-state index in [1.807, 2.05) is 60.7 Å². The zero-order valence-corrected chi connectivity index (χ0v) is 22.6. The van der Waals surface area contributed by atoms with Crippen molar-refractivity contribution in [3.63, 3.8) is 0 Å². The molecular formula is C32H35F2N5O. The van der Waals surface area contributed by atoms with Gasteiger partial charge in [0.05, 0.1) is 17.8 Å². The van der Waals surface area contributed by atoms with E-state index < -0.39 is 6.43 Å². The van der Waals surface area contributed by atoms with Gasteiger partial charge < -0.3 is 9.88 Å². The summed E-state index contributed by atoms with van der Waals surface area (Å²) in [5, 5.41) is 4.14. The molecule has 40 heavy (non-hydrogen) atoms. The summed E-state index contributed by atoms with van der Waals surface area (Å²) in [6.07, 6.45) is 5.35. The molecule has 208 valence electrons. The molecule has 2 aromatic heterocycles. The summed E-state index contributed by atoms with van der Waals surface area (Å²) < 4.78 is 28.6. The Morgan fingerprint density at radius 3 is 2.62 bits per heavy atom. The number of pyridine rings is 1. The van der Waals surface area contributed by atoms with Crippen LogP contribution in [0.15, 0.2) is 66.9 Å². The highest BCUT2D eigenvalue weighted by atomic mass is 19.3. The fraction of sp³-hybridized carbons (Fsp3) is 0.406. The molecule has 0 saturated heterocycles.